The molecule has 0 radical (unpaired) electrons. The second-order valence-electron chi connectivity index (χ2n) is 5.90. The molecule has 3 unspecified atom stereocenters. The molecule has 1 aliphatic heterocycles. The number of fused-ring (bicyclic) bond motifs is 1. The lowest BCUT2D eigenvalue weighted by molar-refractivity contribution is 0.300. The Kier molecular flexibility index (Phi) is 4.66. The Morgan fingerprint density at radius 3 is 2.50 bits per heavy atom. The minimum atomic E-state index is 0.693. The van der Waals surface area contributed by atoms with Crippen LogP contribution in [0, 0.1) is 11.8 Å². The van der Waals surface area contributed by atoms with Crippen LogP contribution in [0.1, 0.15) is 45.4 Å². The molecular weight excluding hydrogens is 196 g/mol. The molecule has 3 atom stereocenters. The van der Waals surface area contributed by atoms with E-state index in [4.69, 9.17) is 0 Å². The largest absolute Gasteiger partial charge is 0.317 e. The van der Waals surface area contributed by atoms with Crippen LogP contribution in [-0.4, -0.2) is 37.6 Å². The van der Waals surface area contributed by atoms with Gasteiger partial charge < -0.3 is 10.2 Å². The molecule has 2 heteroatoms. The third-order valence-corrected chi connectivity index (χ3v) is 4.66. The van der Waals surface area contributed by atoms with E-state index in [1.165, 1.54) is 58.2 Å². The van der Waals surface area contributed by atoms with Crippen LogP contribution in [0.3, 0.4) is 0 Å². The van der Waals surface area contributed by atoms with E-state index >= 15 is 0 Å². The van der Waals surface area contributed by atoms with E-state index in [0.717, 1.165) is 11.8 Å². The molecule has 1 saturated carbocycles. The fourth-order valence-electron chi connectivity index (χ4n) is 3.45. The molecule has 2 rings (SSSR count). The fraction of sp³-hybridized carbons (Fsp3) is 1.00. The molecule has 16 heavy (non-hydrogen) atoms. The summed E-state index contributed by atoms with van der Waals surface area (Å²) in [6, 6.07) is 0.693. The zero-order valence-corrected chi connectivity index (χ0v) is 11.0. The van der Waals surface area contributed by atoms with E-state index < -0.39 is 0 Å². The predicted molar refractivity (Wildman–Crippen MR) is 69.6 cm³/mol. The number of nitrogens with zero attached hydrogens (tertiary/aromatic N) is 1. The summed E-state index contributed by atoms with van der Waals surface area (Å²) in [6.07, 6.45) is 8.63. The molecule has 0 spiro atoms. The Labute approximate surface area is 101 Å². The summed E-state index contributed by atoms with van der Waals surface area (Å²) in [6.45, 7) is 6.45. The Balaban J connectivity index is 1.54. The quantitative estimate of drug-likeness (QED) is 0.697. The standard InChI is InChI=1S/C14H28N2/c1-12(15-2)6-3-4-9-16-10-13-7-5-8-14(13)11-16/h12-15H,3-11H2,1-2H3. The monoisotopic (exact) mass is 224 g/mol. The number of likely N-dealkylation sites (tertiary alicyclic amines) is 1. The Hall–Kier alpha value is -0.0800. The molecule has 2 nitrogen and oxygen atoms in total. The van der Waals surface area contributed by atoms with Gasteiger partial charge in [0.05, 0.1) is 0 Å². The normalized spacial score (nSPS) is 31.9. The molecule has 0 aromatic heterocycles. The predicted octanol–water partition coefficient (Wildman–Crippen LogP) is 2.50. The summed E-state index contributed by atoms with van der Waals surface area (Å²) in [5.41, 5.74) is 0. The molecule has 0 aromatic carbocycles. The Bertz CT molecular complexity index is 193. The van der Waals surface area contributed by atoms with Crippen LogP contribution in [-0.2, 0) is 0 Å². The van der Waals surface area contributed by atoms with Crippen LogP contribution in [0.15, 0.2) is 0 Å². The van der Waals surface area contributed by atoms with Crippen molar-refractivity contribution in [2.75, 3.05) is 26.7 Å². The van der Waals surface area contributed by atoms with Crippen molar-refractivity contribution < 1.29 is 0 Å². The van der Waals surface area contributed by atoms with Gasteiger partial charge in [0.2, 0.25) is 0 Å². The first kappa shape index (κ1) is 12.4. The summed E-state index contributed by atoms with van der Waals surface area (Å²) in [5, 5.41) is 3.31. The maximum atomic E-state index is 3.31. The summed E-state index contributed by atoms with van der Waals surface area (Å²) in [5.74, 6) is 2.13. The van der Waals surface area contributed by atoms with Gasteiger partial charge in [0.1, 0.15) is 0 Å². The molecular formula is C14H28N2. The van der Waals surface area contributed by atoms with Gasteiger partial charge in [0, 0.05) is 19.1 Å². The second-order valence-corrected chi connectivity index (χ2v) is 5.90. The highest BCUT2D eigenvalue weighted by atomic mass is 15.2. The smallest absolute Gasteiger partial charge is 0.00357 e. The van der Waals surface area contributed by atoms with Crippen LogP contribution < -0.4 is 5.32 Å². The van der Waals surface area contributed by atoms with Crippen LogP contribution in [0.5, 0.6) is 0 Å². The first-order valence-corrected chi connectivity index (χ1v) is 7.19. The lowest BCUT2D eigenvalue weighted by Gasteiger charge is -2.17. The van der Waals surface area contributed by atoms with E-state index in [1.54, 1.807) is 0 Å². The topological polar surface area (TPSA) is 15.3 Å². The minimum absolute atomic E-state index is 0.693. The van der Waals surface area contributed by atoms with Gasteiger partial charge in [0.25, 0.3) is 0 Å². The fourth-order valence-corrected chi connectivity index (χ4v) is 3.45. The van der Waals surface area contributed by atoms with Gasteiger partial charge in [-0.25, -0.2) is 0 Å². The molecule has 0 amide bonds. The average molecular weight is 224 g/mol. The SMILES string of the molecule is CNC(C)CCCCN1CC2CCCC2C1. The van der Waals surface area contributed by atoms with Crippen LogP contribution >= 0.6 is 0 Å². The van der Waals surface area contributed by atoms with Gasteiger partial charge in [-0.3, -0.25) is 0 Å². The van der Waals surface area contributed by atoms with Gasteiger partial charge >= 0.3 is 0 Å². The van der Waals surface area contributed by atoms with Gasteiger partial charge in [-0.05, 0) is 58.0 Å². The zero-order valence-electron chi connectivity index (χ0n) is 11.0. The molecule has 1 N–H and O–H groups in total. The summed E-state index contributed by atoms with van der Waals surface area (Å²) >= 11 is 0. The molecule has 0 bridgehead atoms. The minimum Gasteiger partial charge on any atom is -0.317 e. The Morgan fingerprint density at radius 1 is 1.19 bits per heavy atom. The van der Waals surface area contributed by atoms with Gasteiger partial charge in [-0.15, -0.1) is 0 Å². The van der Waals surface area contributed by atoms with E-state index in [0.29, 0.717) is 6.04 Å². The van der Waals surface area contributed by atoms with E-state index in [1.807, 2.05) is 0 Å². The van der Waals surface area contributed by atoms with Gasteiger partial charge in [-0.1, -0.05) is 12.8 Å². The summed E-state index contributed by atoms with van der Waals surface area (Å²) in [4.78, 5) is 2.72. The maximum Gasteiger partial charge on any atom is 0.00357 e. The van der Waals surface area contributed by atoms with Crippen LogP contribution in [0.25, 0.3) is 0 Å². The molecule has 0 aromatic rings. The third-order valence-electron chi connectivity index (χ3n) is 4.66. The van der Waals surface area contributed by atoms with E-state index in [9.17, 15) is 0 Å². The lowest BCUT2D eigenvalue weighted by Crippen LogP contribution is -2.24. The van der Waals surface area contributed by atoms with Crippen molar-refractivity contribution >= 4 is 0 Å². The first-order valence-electron chi connectivity index (χ1n) is 7.19. The summed E-state index contributed by atoms with van der Waals surface area (Å²) < 4.78 is 0. The second kappa shape index (κ2) is 6.02. The van der Waals surface area contributed by atoms with E-state index in [2.05, 4.69) is 24.2 Å². The van der Waals surface area contributed by atoms with Crippen molar-refractivity contribution in [1.82, 2.24) is 10.2 Å². The van der Waals surface area contributed by atoms with E-state index in [-0.39, 0.29) is 0 Å². The maximum absolute atomic E-state index is 3.31. The highest BCUT2D eigenvalue weighted by Gasteiger charge is 2.35. The lowest BCUT2D eigenvalue weighted by atomic mass is 10.0. The molecule has 2 aliphatic rings. The number of hydrogen-bond acceptors (Lipinski definition) is 2. The summed E-state index contributed by atoms with van der Waals surface area (Å²) in [7, 11) is 2.06. The van der Waals surface area contributed by atoms with Gasteiger partial charge in [-0.2, -0.15) is 0 Å². The number of rotatable bonds is 6. The highest BCUT2D eigenvalue weighted by Crippen LogP contribution is 2.37. The van der Waals surface area contributed by atoms with Crippen molar-refractivity contribution in [2.24, 2.45) is 11.8 Å². The molecule has 94 valence electrons. The van der Waals surface area contributed by atoms with Crippen LogP contribution in [0.2, 0.25) is 0 Å². The van der Waals surface area contributed by atoms with Crippen molar-refractivity contribution in [2.45, 2.75) is 51.5 Å². The number of unbranched alkanes of at least 4 members (excludes halogenated alkanes) is 1. The zero-order chi connectivity index (χ0) is 11.4. The number of hydrogen-bond donors (Lipinski definition) is 1. The van der Waals surface area contributed by atoms with Gasteiger partial charge in [0.15, 0.2) is 0 Å². The molecule has 1 saturated heterocycles. The average Bonchev–Trinajstić information content (AvgIpc) is 2.84. The molecule has 1 aliphatic carbocycles. The van der Waals surface area contributed by atoms with Crippen LogP contribution in [0.4, 0.5) is 0 Å². The van der Waals surface area contributed by atoms with Crippen molar-refractivity contribution in [3.8, 4) is 0 Å². The van der Waals surface area contributed by atoms with Crippen molar-refractivity contribution in [3.05, 3.63) is 0 Å². The Morgan fingerprint density at radius 2 is 1.88 bits per heavy atom. The number of nitrogens with one attached hydrogen (secondary N) is 1. The first-order chi connectivity index (χ1) is 7.79. The molecule has 2 fully saturated rings. The third kappa shape index (κ3) is 3.21. The molecule has 1 heterocycles. The van der Waals surface area contributed by atoms with Crippen molar-refractivity contribution in [3.63, 3.8) is 0 Å². The van der Waals surface area contributed by atoms with Crippen molar-refractivity contribution in [1.29, 1.82) is 0 Å². The highest BCUT2D eigenvalue weighted by molar-refractivity contribution is 4.88.